The van der Waals surface area contributed by atoms with Crippen LogP contribution in [0.25, 0.3) is 0 Å². The van der Waals surface area contributed by atoms with Crippen molar-refractivity contribution in [3.05, 3.63) is 23.8 Å². The van der Waals surface area contributed by atoms with Crippen LogP contribution in [0.2, 0.25) is 0 Å². The summed E-state index contributed by atoms with van der Waals surface area (Å²) in [6.45, 7) is 9.83. The van der Waals surface area contributed by atoms with Crippen LogP contribution in [0.1, 0.15) is 45.2 Å². The van der Waals surface area contributed by atoms with Crippen molar-refractivity contribution >= 4 is 17.7 Å². The van der Waals surface area contributed by atoms with Gasteiger partial charge >= 0.3 is 0 Å². The van der Waals surface area contributed by atoms with Gasteiger partial charge in [0, 0.05) is 31.6 Å². The Morgan fingerprint density at radius 1 is 1.21 bits per heavy atom. The molecule has 1 aliphatic rings. The Labute approximate surface area is 173 Å². The summed E-state index contributed by atoms with van der Waals surface area (Å²) in [5.41, 5.74) is 1.13. The summed E-state index contributed by atoms with van der Waals surface area (Å²) in [5, 5.41) is 7.00. The zero-order valence-corrected chi connectivity index (χ0v) is 18.7. The molecule has 6 nitrogen and oxygen atoms in total. The van der Waals surface area contributed by atoms with E-state index in [4.69, 9.17) is 14.2 Å². The average molecular weight is 410 g/mol. The van der Waals surface area contributed by atoms with Gasteiger partial charge in [0.25, 0.3) is 0 Å². The summed E-state index contributed by atoms with van der Waals surface area (Å²) in [6.07, 6.45) is 4.30. The van der Waals surface area contributed by atoms with Crippen molar-refractivity contribution in [1.29, 1.82) is 0 Å². The first kappa shape index (κ1) is 22.7. The number of rotatable bonds is 9. The molecule has 1 aromatic carbocycles. The number of ether oxygens (including phenoxy) is 3. The fourth-order valence-corrected chi connectivity index (χ4v) is 4.05. The van der Waals surface area contributed by atoms with Gasteiger partial charge in [-0.15, -0.1) is 0 Å². The van der Waals surface area contributed by atoms with Crippen LogP contribution in [-0.4, -0.2) is 57.0 Å². The molecule has 1 fully saturated rings. The number of aliphatic imine (C=N–C) groups is 1. The number of benzene rings is 1. The molecule has 1 atom stereocenters. The standard InChI is InChI=1S/C21H35N3O3S/c1-6-26-18-9-8-17(14-19(18)27-7-2)16(3)24-20(22-4)23-15-21(28-5)10-12-25-13-11-21/h8-9,14,16H,6-7,10-13,15H2,1-5H3,(H2,22,23,24). The average Bonchev–Trinajstić information content (AvgIpc) is 2.73. The minimum absolute atomic E-state index is 0.0843. The van der Waals surface area contributed by atoms with E-state index in [1.807, 2.05) is 44.8 Å². The zero-order valence-electron chi connectivity index (χ0n) is 17.8. The van der Waals surface area contributed by atoms with E-state index in [-0.39, 0.29) is 10.8 Å². The van der Waals surface area contributed by atoms with E-state index in [1.54, 1.807) is 0 Å². The topological polar surface area (TPSA) is 64.1 Å². The third kappa shape index (κ3) is 6.21. The van der Waals surface area contributed by atoms with Crippen molar-refractivity contribution in [3.8, 4) is 11.5 Å². The van der Waals surface area contributed by atoms with Gasteiger partial charge in [0.05, 0.1) is 19.3 Å². The molecule has 0 spiro atoms. The molecule has 0 aromatic heterocycles. The van der Waals surface area contributed by atoms with Crippen molar-refractivity contribution in [2.45, 2.75) is 44.4 Å². The summed E-state index contributed by atoms with van der Waals surface area (Å²) >= 11 is 1.92. The normalized spacial score (nSPS) is 17.7. The highest BCUT2D eigenvalue weighted by Gasteiger charge is 2.31. The van der Waals surface area contributed by atoms with Gasteiger partial charge in [-0.1, -0.05) is 6.07 Å². The molecule has 0 aliphatic carbocycles. The molecule has 0 amide bonds. The van der Waals surface area contributed by atoms with E-state index in [2.05, 4.69) is 34.9 Å². The van der Waals surface area contributed by atoms with Crippen LogP contribution in [0.3, 0.4) is 0 Å². The molecule has 1 aliphatic heterocycles. The summed E-state index contributed by atoms with van der Waals surface area (Å²) in [5.74, 6) is 2.37. The predicted molar refractivity (Wildman–Crippen MR) is 118 cm³/mol. The van der Waals surface area contributed by atoms with Crippen LogP contribution in [0.4, 0.5) is 0 Å². The highest BCUT2D eigenvalue weighted by molar-refractivity contribution is 8.00. The first-order valence-corrected chi connectivity index (χ1v) is 11.3. The van der Waals surface area contributed by atoms with Crippen LogP contribution in [0.5, 0.6) is 11.5 Å². The lowest BCUT2D eigenvalue weighted by Crippen LogP contribution is -2.48. The number of hydrogen-bond donors (Lipinski definition) is 2. The number of hydrogen-bond acceptors (Lipinski definition) is 5. The molecule has 158 valence electrons. The lowest BCUT2D eigenvalue weighted by molar-refractivity contribution is 0.0782. The SMILES string of the molecule is CCOc1ccc(C(C)NC(=NC)NCC2(SC)CCOCC2)cc1OCC. The molecular weight excluding hydrogens is 374 g/mol. The predicted octanol–water partition coefficient (Wildman–Crippen LogP) is 3.62. The maximum Gasteiger partial charge on any atom is 0.191 e. The van der Waals surface area contributed by atoms with Crippen LogP contribution < -0.4 is 20.1 Å². The van der Waals surface area contributed by atoms with Crippen molar-refractivity contribution < 1.29 is 14.2 Å². The van der Waals surface area contributed by atoms with Gasteiger partial charge in [-0.2, -0.15) is 11.8 Å². The molecule has 0 radical (unpaired) electrons. The molecule has 1 unspecified atom stereocenters. The van der Waals surface area contributed by atoms with E-state index >= 15 is 0 Å². The lowest BCUT2D eigenvalue weighted by Gasteiger charge is -2.36. The monoisotopic (exact) mass is 409 g/mol. The maximum absolute atomic E-state index is 5.75. The largest absolute Gasteiger partial charge is 0.490 e. The van der Waals surface area contributed by atoms with Crippen molar-refractivity contribution in [2.75, 3.05) is 46.3 Å². The molecule has 0 bridgehead atoms. The summed E-state index contributed by atoms with van der Waals surface area (Å²) in [4.78, 5) is 4.41. The number of thioether (sulfide) groups is 1. The highest BCUT2D eigenvalue weighted by Crippen LogP contribution is 2.33. The minimum Gasteiger partial charge on any atom is -0.490 e. The molecule has 2 N–H and O–H groups in total. The smallest absolute Gasteiger partial charge is 0.191 e. The second-order valence-corrected chi connectivity index (χ2v) is 8.14. The minimum atomic E-state index is 0.0843. The van der Waals surface area contributed by atoms with Crippen LogP contribution >= 0.6 is 11.8 Å². The Hall–Kier alpha value is -1.60. The maximum atomic E-state index is 5.75. The molecular formula is C21H35N3O3S. The first-order chi connectivity index (χ1) is 13.6. The Balaban J connectivity index is 2.01. The Bertz CT molecular complexity index is 633. The van der Waals surface area contributed by atoms with E-state index in [9.17, 15) is 0 Å². The number of nitrogens with one attached hydrogen (secondary N) is 2. The van der Waals surface area contributed by atoms with Crippen molar-refractivity contribution in [3.63, 3.8) is 0 Å². The third-order valence-electron chi connectivity index (χ3n) is 5.06. The quantitative estimate of drug-likeness (QED) is 0.480. The van der Waals surface area contributed by atoms with E-state index in [0.29, 0.717) is 13.2 Å². The zero-order chi connectivity index (χ0) is 20.4. The fraction of sp³-hybridized carbons (Fsp3) is 0.667. The second kappa shape index (κ2) is 11.4. The summed E-state index contributed by atoms with van der Waals surface area (Å²) in [6, 6.07) is 6.17. The highest BCUT2D eigenvalue weighted by atomic mass is 32.2. The molecule has 1 saturated heterocycles. The second-order valence-electron chi connectivity index (χ2n) is 6.86. The Kier molecular flexibility index (Phi) is 9.25. The van der Waals surface area contributed by atoms with E-state index in [0.717, 1.165) is 55.6 Å². The van der Waals surface area contributed by atoms with Gasteiger partial charge in [0.2, 0.25) is 0 Å². The van der Waals surface area contributed by atoms with Gasteiger partial charge in [-0.05, 0) is 57.6 Å². The van der Waals surface area contributed by atoms with Gasteiger partial charge in [0.1, 0.15) is 0 Å². The number of nitrogens with zero attached hydrogens (tertiary/aromatic N) is 1. The van der Waals surface area contributed by atoms with Gasteiger partial charge in [-0.3, -0.25) is 4.99 Å². The van der Waals surface area contributed by atoms with Crippen molar-refractivity contribution in [2.24, 2.45) is 4.99 Å². The van der Waals surface area contributed by atoms with E-state index in [1.165, 1.54) is 0 Å². The van der Waals surface area contributed by atoms with Crippen LogP contribution in [0, 0.1) is 0 Å². The lowest BCUT2D eigenvalue weighted by atomic mass is 9.99. The first-order valence-electron chi connectivity index (χ1n) is 10.1. The van der Waals surface area contributed by atoms with Gasteiger partial charge in [0.15, 0.2) is 17.5 Å². The number of guanidine groups is 1. The Morgan fingerprint density at radius 3 is 2.50 bits per heavy atom. The molecule has 28 heavy (non-hydrogen) atoms. The Morgan fingerprint density at radius 2 is 1.89 bits per heavy atom. The molecule has 1 aromatic rings. The third-order valence-corrected chi connectivity index (χ3v) is 6.48. The van der Waals surface area contributed by atoms with Crippen LogP contribution in [-0.2, 0) is 4.74 Å². The van der Waals surface area contributed by atoms with Crippen molar-refractivity contribution in [1.82, 2.24) is 10.6 Å². The summed E-state index contributed by atoms with van der Waals surface area (Å²) in [7, 11) is 1.81. The molecule has 1 heterocycles. The fourth-order valence-electron chi connectivity index (χ4n) is 3.26. The van der Waals surface area contributed by atoms with Gasteiger partial charge in [-0.25, -0.2) is 0 Å². The van der Waals surface area contributed by atoms with Crippen LogP contribution in [0.15, 0.2) is 23.2 Å². The molecule has 2 rings (SSSR count). The van der Waals surface area contributed by atoms with Gasteiger partial charge < -0.3 is 24.8 Å². The molecule has 0 saturated carbocycles. The van der Waals surface area contributed by atoms with E-state index < -0.39 is 0 Å². The molecule has 7 heteroatoms. The summed E-state index contributed by atoms with van der Waals surface area (Å²) < 4.78 is 17.2.